The van der Waals surface area contributed by atoms with Gasteiger partial charge in [-0.15, -0.1) is 0 Å². The van der Waals surface area contributed by atoms with Crippen molar-refractivity contribution in [2.45, 2.75) is 64.6 Å². The van der Waals surface area contributed by atoms with Gasteiger partial charge in [0.15, 0.2) is 0 Å². The Bertz CT molecular complexity index is 1440. The van der Waals surface area contributed by atoms with Crippen LogP contribution in [-0.4, -0.2) is 43.8 Å². The molecule has 0 bridgehead atoms. The number of hydrogen-bond acceptors (Lipinski definition) is 4. The Hall–Kier alpha value is -3.07. The Balaban J connectivity index is 2.07. The van der Waals surface area contributed by atoms with Gasteiger partial charge >= 0.3 is 0 Å². The lowest BCUT2D eigenvalue weighted by Gasteiger charge is -2.33. The molecule has 3 aromatic rings. The fourth-order valence-electron chi connectivity index (χ4n) is 4.05. The van der Waals surface area contributed by atoms with E-state index in [0.717, 1.165) is 15.4 Å². The van der Waals surface area contributed by atoms with Crippen LogP contribution < -0.4 is 9.62 Å². The molecule has 0 aliphatic rings. The molecular weight excluding hydrogens is 569 g/mol. The van der Waals surface area contributed by atoms with Crippen LogP contribution in [0, 0.1) is 13.8 Å². The highest BCUT2D eigenvalue weighted by Crippen LogP contribution is 2.28. The summed E-state index contributed by atoms with van der Waals surface area (Å²) in [5.74, 6) is -0.950. The van der Waals surface area contributed by atoms with E-state index >= 15 is 0 Å². The zero-order chi connectivity index (χ0) is 29.6. The summed E-state index contributed by atoms with van der Waals surface area (Å²) in [5, 5.41) is 3.57. The van der Waals surface area contributed by atoms with E-state index in [2.05, 4.69) is 5.32 Å². The second-order valence-electron chi connectivity index (χ2n) is 9.88. The lowest BCUT2D eigenvalue weighted by molar-refractivity contribution is -0.139. The summed E-state index contributed by atoms with van der Waals surface area (Å²) in [6, 6.07) is 17.3. The quantitative estimate of drug-likeness (QED) is 0.285. The first-order valence-corrected chi connectivity index (χ1v) is 15.2. The molecule has 3 aromatic carbocycles. The Morgan fingerprint density at radius 1 is 0.900 bits per heavy atom. The summed E-state index contributed by atoms with van der Waals surface area (Å²) in [7, 11) is -4.14. The van der Waals surface area contributed by atoms with Crippen molar-refractivity contribution in [3.05, 3.63) is 93.5 Å². The van der Waals surface area contributed by atoms with E-state index in [-0.39, 0.29) is 23.4 Å². The number of sulfonamides is 1. The van der Waals surface area contributed by atoms with Gasteiger partial charge in [-0.25, -0.2) is 8.42 Å². The SMILES string of the molecule is CC[C@H](C)NC(=O)[C@H](C)N(Cc1c(Cl)cccc1Cl)C(=O)CN(c1cccc(C)c1)S(=O)(=O)c1ccc(C)cc1. The normalized spacial score (nSPS) is 12.9. The van der Waals surface area contributed by atoms with E-state index in [1.165, 1.54) is 17.0 Å². The number of anilines is 1. The molecule has 214 valence electrons. The standard InChI is InChI=1S/C30H35Cl2N3O4S/c1-6-22(4)33-30(37)23(5)34(18-26-27(31)11-8-12-28(26)32)29(36)19-35(24-10-7-9-21(3)17-24)40(38,39)25-15-13-20(2)14-16-25/h7-17,22-23H,6,18-19H2,1-5H3,(H,33,37)/t22-,23-/m0/s1. The molecule has 2 amide bonds. The van der Waals surface area contributed by atoms with Crippen molar-refractivity contribution in [1.82, 2.24) is 10.2 Å². The summed E-state index contributed by atoms with van der Waals surface area (Å²) >= 11 is 12.8. The third-order valence-electron chi connectivity index (χ3n) is 6.74. The predicted octanol–water partition coefficient (Wildman–Crippen LogP) is 6.14. The fourth-order valence-corrected chi connectivity index (χ4v) is 5.97. The van der Waals surface area contributed by atoms with Gasteiger partial charge in [0.05, 0.1) is 10.6 Å². The van der Waals surface area contributed by atoms with Gasteiger partial charge in [0, 0.05) is 28.2 Å². The molecular formula is C30H35Cl2N3O4S. The maximum absolute atomic E-state index is 14.0. The molecule has 0 heterocycles. The van der Waals surface area contributed by atoms with E-state index in [4.69, 9.17) is 23.2 Å². The van der Waals surface area contributed by atoms with Crippen LogP contribution in [-0.2, 0) is 26.2 Å². The molecule has 0 fully saturated rings. The monoisotopic (exact) mass is 603 g/mol. The van der Waals surface area contributed by atoms with Crippen LogP contribution in [0.3, 0.4) is 0 Å². The molecule has 0 radical (unpaired) electrons. The van der Waals surface area contributed by atoms with Crippen LogP contribution in [0.5, 0.6) is 0 Å². The molecule has 7 nitrogen and oxygen atoms in total. The summed E-state index contributed by atoms with van der Waals surface area (Å²) in [4.78, 5) is 28.6. The minimum Gasteiger partial charge on any atom is -0.352 e. The molecule has 10 heteroatoms. The first-order valence-electron chi connectivity index (χ1n) is 13.0. The molecule has 2 atom stereocenters. The lowest BCUT2D eigenvalue weighted by atomic mass is 10.1. The van der Waals surface area contributed by atoms with E-state index in [9.17, 15) is 18.0 Å². The highest BCUT2D eigenvalue weighted by molar-refractivity contribution is 7.92. The molecule has 0 aromatic heterocycles. The lowest BCUT2D eigenvalue weighted by Crippen LogP contribution is -2.52. The highest BCUT2D eigenvalue weighted by Gasteiger charge is 2.33. The van der Waals surface area contributed by atoms with Gasteiger partial charge in [0.1, 0.15) is 12.6 Å². The summed E-state index contributed by atoms with van der Waals surface area (Å²) < 4.78 is 28.9. The molecule has 0 unspecified atom stereocenters. The third kappa shape index (κ3) is 7.56. The maximum atomic E-state index is 14.0. The molecule has 1 N–H and O–H groups in total. The van der Waals surface area contributed by atoms with Gasteiger partial charge in [-0.2, -0.15) is 0 Å². The largest absolute Gasteiger partial charge is 0.352 e. The van der Waals surface area contributed by atoms with Crippen LogP contribution in [0.4, 0.5) is 5.69 Å². The summed E-state index contributed by atoms with van der Waals surface area (Å²) in [5.41, 5.74) is 2.53. The van der Waals surface area contributed by atoms with Gasteiger partial charge in [-0.3, -0.25) is 13.9 Å². The predicted molar refractivity (Wildman–Crippen MR) is 161 cm³/mol. The Labute approximate surface area is 247 Å². The average Bonchev–Trinajstić information content (AvgIpc) is 2.91. The number of aryl methyl sites for hydroxylation is 2. The van der Waals surface area contributed by atoms with Crippen LogP contribution in [0.2, 0.25) is 10.0 Å². The van der Waals surface area contributed by atoms with Gasteiger partial charge in [-0.05, 0) is 76.1 Å². The highest BCUT2D eigenvalue weighted by atomic mass is 35.5. The average molecular weight is 605 g/mol. The smallest absolute Gasteiger partial charge is 0.264 e. The Kier molecular flexibility index (Phi) is 10.6. The number of carbonyl (C=O) groups excluding carboxylic acids is 2. The van der Waals surface area contributed by atoms with Crippen molar-refractivity contribution in [1.29, 1.82) is 0 Å². The Morgan fingerprint density at radius 2 is 1.50 bits per heavy atom. The van der Waals surface area contributed by atoms with Crippen molar-refractivity contribution in [2.75, 3.05) is 10.8 Å². The first-order chi connectivity index (χ1) is 18.8. The molecule has 0 spiro atoms. The Morgan fingerprint density at radius 3 is 2.08 bits per heavy atom. The topological polar surface area (TPSA) is 86.8 Å². The van der Waals surface area contributed by atoms with E-state index in [0.29, 0.717) is 27.7 Å². The molecule has 0 aliphatic carbocycles. The zero-order valence-electron chi connectivity index (χ0n) is 23.3. The van der Waals surface area contributed by atoms with Gasteiger partial charge in [-0.1, -0.05) is 66.0 Å². The number of nitrogens with one attached hydrogen (secondary N) is 1. The number of nitrogens with zero attached hydrogens (tertiary/aromatic N) is 2. The van der Waals surface area contributed by atoms with E-state index < -0.39 is 28.5 Å². The van der Waals surface area contributed by atoms with Crippen molar-refractivity contribution in [2.24, 2.45) is 0 Å². The molecule has 0 aliphatic heterocycles. The number of halogens is 2. The number of rotatable bonds is 11. The summed E-state index contributed by atoms with van der Waals surface area (Å²) in [6.45, 7) is 8.50. The number of hydrogen-bond donors (Lipinski definition) is 1. The van der Waals surface area contributed by atoms with Crippen LogP contribution in [0.25, 0.3) is 0 Å². The van der Waals surface area contributed by atoms with Gasteiger partial charge < -0.3 is 10.2 Å². The maximum Gasteiger partial charge on any atom is 0.264 e. The second kappa shape index (κ2) is 13.5. The van der Waals surface area contributed by atoms with Gasteiger partial charge in [0.25, 0.3) is 10.0 Å². The van der Waals surface area contributed by atoms with Crippen molar-refractivity contribution in [3.8, 4) is 0 Å². The third-order valence-corrected chi connectivity index (χ3v) is 9.23. The first kappa shape index (κ1) is 31.5. The summed E-state index contributed by atoms with van der Waals surface area (Å²) in [6.07, 6.45) is 0.707. The van der Waals surface area contributed by atoms with Crippen LogP contribution in [0.15, 0.2) is 71.6 Å². The van der Waals surface area contributed by atoms with Crippen LogP contribution >= 0.6 is 23.2 Å². The molecule has 0 saturated heterocycles. The molecule has 0 saturated carbocycles. The zero-order valence-corrected chi connectivity index (χ0v) is 25.6. The second-order valence-corrected chi connectivity index (χ2v) is 12.6. The molecule has 40 heavy (non-hydrogen) atoms. The number of benzene rings is 3. The number of amides is 2. The minimum absolute atomic E-state index is 0.0515. The van der Waals surface area contributed by atoms with E-state index in [1.807, 2.05) is 33.8 Å². The fraction of sp³-hybridized carbons (Fsp3) is 0.333. The van der Waals surface area contributed by atoms with Crippen molar-refractivity contribution in [3.63, 3.8) is 0 Å². The van der Waals surface area contributed by atoms with Crippen molar-refractivity contribution >= 4 is 50.7 Å². The van der Waals surface area contributed by atoms with Crippen LogP contribution in [0.1, 0.15) is 43.9 Å². The minimum atomic E-state index is -4.14. The van der Waals surface area contributed by atoms with Gasteiger partial charge in [0.2, 0.25) is 11.8 Å². The molecule has 3 rings (SSSR count). The van der Waals surface area contributed by atoms with Crippen molar-refractivity contribution < 1.29 is 18.0 Å². The van der Waals surface area contributed by atoms with E-state index in [1.54, 1.807) is 55.5 Å². The number of carbonyl (C=O) groups is 2.